The van der Waals surface area contributed by atoms with Gasteiger partial charge in [-0.2, -0.15) is 0 Å². The first-order valence-corrected chi connectivity index (χ1v) is 7.21. The molecule has 0 N–H and O–H groups in total. The van der Waals surface area contributed by atoms with Gasteiger partial charge in [0.1, 0.15) is 0 Å². The summed E-state index contributed by atoms with van der Waals surface area (Å²) < 4.78 is 10.7. The summed E-state index contributed by atoms with van der Waals surface area (Å²) >= 11 is 0. The van der Waals surface area contributed by atoms with E-state index in [0.29, 0.717) is 5.91 Å². The van der Waals surface area contributed by atoms with Crippen LogP contribution in [0.4, 0.5) is 0 Å². The zero-order valence-electron chi connectivity index (χ0n) is 12.3. The van der Waals surface area contributed by atoms with Gasteiger partial charge in [-0.3, -0.25) is 4.79 Å². The second-order valence-electron chi connectivity index (χ2n) is 5.64. The lowest BCUT2D eigenvalue weighted by Crippen LogP contribution is -2.39. The number of nitrogens with zero attached hydrogens (tertiary/aromatic N) is 1. The Morgan fingerprint density at radius 1 is 1.20 bits per heavy atom. The highest BCUT2D eigenvalue weighted by Crippen LogP contribution is 2.40. The molecule has 1 heterocycles. The Kier molecular flexibility index (Phi) is 3.32. The van der Waals surface area contributed by atoms with Crippen molar-refractivity contribution in [2.45, 2.75) is 32.2 Å². The number of fused-ring (bicyclic) bond motifs is 1. The van der Waals surface area contributed by atoms with Crippen LogP contribution in [0.1, 0.15) is 36.9 Å². The quantitative estimate of drug-likeness (QED) is 0.851. The minimum Gasteiger partial charge on any atom is -0.493 e. The Labute approximate surface area is 119 Å². The topological polar surface area (TPSA) is 38.8 Å². The fourth-order valence-corrected chi connectivity index (χ4v) is 3.01. The number of ether oxygens (including phenoxy) is 2. The number of rotatable bonds is 3. The molecule has 3 rings (SSSR count). The van der Waals surface area contributed by atoms with Crippen LogP contribution in [-0.4, -0.2) is 31.6 Å². The van der Waals surface area contributed by atoms with Crippen molar-refractivity contribution in [3.8, 4) is 11.5 Å². The van der Waals surface area contributed by atoms with Gasteiger partial charge in [0.25, 0.3) is 0 Å². The number of carbonyl (C=O) groups excluding carboxylic acids is 1. The normalized spacial score (nSPS) is 21.4. The van der Waals surface area contributed by atoms with E-state index < -0.39 is 0 Å². The molecule has 1 saturated carbocycles. The van der Waals surface area contributed by atoms with Crippen molar-refractivity contribution < 1.29 is 14.3 Å². The monoisotopic (exact) mass is 275 g/mol. The van der Waals surface area contributed by atoms with Gasteiger partial charge in [-0.15, -0.1) is 0 Å². The summed E-state index contributed by atoms with van der Waals surface area (Å²) in [5.74, 6) is 2.09. The molecule has 0 radical (unpaired) electrons. The molecule has 1 amide bonds. The molecule has 2 aliphatic rings. The highest BCUT2D eigenvalue weighted by Gasteiger charge is 2.37. The van der Waals surface area contributed by atoms with Crippen LogP contribution < -0.4 is 9.47 Å². The third kappa shape index (κ3) is 2.13. The molecule has 1 aliphatic heterocycles. The number of benzene rings is 1. The maximum Gasteiger partial charge on any atom is 0.226 e. The third-order valence-corrected chi connectivity index (χ3v) is 4.39. The molecule has 4 heteroatoms. The van der Waals surface area contributed by atoms with E-state index >= 15 is 0 Å². The van der Waals surface area contributed by atoms with Gasteiger partial charge in [-0.25, -0.2) is 0 Å². The van der Waals surface area contributed by atoms with Crippen LogP contribution in [0, 0.1) is 5.92 Å². The van der Waals surface area contributed by atoms with Crippen LogP contribution >= 0.6 is 0 Å². The Hall–Kier alpha value is -1.71. The summed E-state index contributed by atoms with van der Waals surface area (Å²) in [6.07, 6.45) is 3.00. The number of carbonyl (C=O) groups is 1. The van der Waals surface area contributed by atoms with Crippen molar-refractivity contribution in [3.05, 3.63) is 23.3 Å². The summed E-state index contributed by atoms with van der Waals surface area (Å²) in [6.45, 7) is 2.91. The zero-order chi connectivity index (χ0) is 14.3. The van der Waals surface area contributed by atoms with Gasteiger partial charge >= 0.3 is 0 Å². The first-order chi connectivity index (χ1) is 9.65. The number of methoxy groups -OCH3 is 2. The van der Waals surface area contributed by atoms with E-state index in [9.17, 15) is 4.79 Å². The molecule has 20 heavy (non-hydrogen) atoms. The fraction of sp³-hybridized carbons (Fsp3) is 0.562. The molecule has 1 unspecified atom stereocenters. The molecule has 0 aromatic heterocycles. The van der Waals surface area contributed by atoms with Gasteiger partial charge < -0.3 is 14.4 Å². The van der Waals surface area contributed by atoms with Crippen molar-refractivity contribution in [1.29, 1.82) is 0 Å². The highest BCUT2D eigenvalue weighted by atomic mass is 16.5. The average Bonchev–Trinajstić information content (AvgIpc) is 3.30. The molecule has 0 spiro atoms. The lowest BCUT2D eigenvalue weighted by atomic mass is 9.92. The van der Waals surface area contributed by atoms with Crippen LogP contribution in [0.5, 0.6) is 11.5 Å². The summed E-state index contributed by atoms with van der Waals surface area (Å²) in [4.78, 5) is 14.3. The van der Waals surface area contributed by atoms with E-state index in [2.05, 4.69) is 6.92 Å². The molecule has 1 aromatic carbocycles. The number of hydrogen-bond acceptors (Lipinski definition) is 3. The van der Waals surface area contributed by atoms with E-state index in [1.54, 1.807) is 14.2 Å². The molecule has 4 nitrogen and oxygen atoms in total. The van der Waals surface area contributed by atoms with Crippen LogP contribution in [-0.2, 0) is 11.2 Å². The van der Waals surface area contributed by atoms with Gasteiger partial charge in [0.05, 0.1) is 20.3 Å². The SMILES string of the molecule is COc1cc2c(cc1OC)C(C)N(C(=O)C1CC1)CC2. The molecule has 1 atom stereocenters. The molecule has 0 bridgehead atoms. The molecular formula is C16H21NO3. The molecule has 0 saturated heterocycles. The molecule has 108 valence electrons. The summed E-state index contributed by atoms with van der Waals surface area (Å²) in [7, 11) is 3.30. The molecule has 1 aromatic rings. The second-order valence-corrected chi connectivity index (χ2v) is 5.64. The van der Waals surface area contributed by atoms with Crippen LogP contribution in [0.3, 0.4) is 0 Å². The molecule has 1 aliphatic carbocycles. The fourth-order valence-electron chi connectivity index (χ4n) is 3.01. The Morgan fingerprint density at radius 3 is 2.45 bits per heavy atom. The summed E-state index contributed by atoms with van der Waals surface area (Å²) in [5.41, 5.74) is 2.44. The number of amides is 1. The Bertz CT molecular complexity index is 537. The van der Waals surface area contributed by atoms with Crippen molar-refractivity contribution in [1.82, 2.24) is 4.90 Å². The van der Waals surface area contributed by atoms with Crippen LogP contribution in [0.15, 0.2) is 12.1 Å². The lowest BCUT2D eigenvalue weighted by molar-refractivity contribution is -0.135. The maximum absolute atomic E-state index is 12.3. The van der Waals surface area contributed by atoms with E-state index in [0.717, 1.165) is 37.3 Å². The molecule has 1 fully saturated rings. The van der Waals surface area contributed by atoms with Crippen molar-refractivity contribution in [3.63, 3.8) is 0 Å². The summed E-state index contributed by atoms with van der Waals surface area (Å²) in [5, 5.41) is 0. The summed E-state index contributed by atoms with van der Waals surface area (Å²) in [6, 6.07) is 4.18. The van der Waals surface area contributed by atoms with Gasteiger partial charge in [-0.05, 0) is 49.4 Å². The first kappa shape index (κ1) is 13.3. The van der Waals surface area contributed by atoms with Crippen LogP contribution in [0.2, 0.25) is 0 Å². The minimum atomic E-state index is 0.117. The highest BCUT2D eigenvalue weighted by molar-refractivity contribution is 5.81. The van der Waals surface area contributed by atoms with Crippen molar-refractivity contribution in [2.24, 2.45) is 5.92 Å². The van der Waals surface area contributed by atoms with Gasteiger partial charge in [0.15, 0.2) is 11.5 Å². The zero-order valence-corrected chi connectivity index (χ0v) is 12.3. The Morgan fingerprint density at radius 2 is 1.85 bits per heavy atom. The van der Waals surface area contributed by atoms with Crippen molar-refractivity contribution >= 4 is 5.91 Å². The first-order valence-electron chi connectivity index (χ1n) is 7.21. The largest absolute Gasteiger partial charge is 0.493 e. The van der Waals surface area contributed by atoms with E-state index in [4.69, 9.17) is 9.47 Å². The van der Waals surface area contributed by atoms with E-state index in [1.165, 1.54) is 11.1 Å². The average molecular weight is 275 g/mol. The lowest BCUT2D eigenvalue weighted by Gasteiger charge is -2.36. The third-order valence-electron chi connectivity index (χ3n) is 4.39. The second kappa shape index (κ2) is 5.00. The predicted octanol–water partition coefficient (Wildman–Crippen LogP) is 2.56. The van der Waals surface area contributed by atoms with Gasteiger partial charge in [0, 0.05) is 12.5 Å². The number of hydrogen-bond donors (Lipinski definition) is 0. The maximum atomic E-state index is 12.3. The van der Waals surface area contributed by atoms with E-state index in [1.807, 2.05) is 17.0 Å². The predicted molar refractivity (Wildman–Crippen MR) is 76.1 cm³/mol. The van der Waals surface area contributed by atoms with Crippen molar-refractivity contribution in [2.75, 3.05) is 20.8 Å². The van der Waals surface area contributed by atoms with Crippen LogP contribution in [0.25, 0.3) is 0 Å². The smallest absolute Gasteiger partial charge is 0.226 e. The minimum absolute atomic E-state index is 0.117. The Balaban J connectivity index is 1.93. The van der Waals surface area contributed by atoms with Gasteiger partial charge in [0.2, 0.25) is 5.91 Å². The molecular weight excluding hydrogens is 254 g/mol. The van der Waals surface area contributed by atoms with Gasteiger partial charge in [-0.1, -0.05) is 0 Å². The van der Waals surface area contributed by atoms with E-state index in [-0.39, 0.29) is 12.0 Å². The standard InChI is InChI=1S/C16H21NO3/c1-10-13-9-15(20-3)14(19-2)8-12(13)6-7-17(10)16(18)11-4-5-11/h8-11H,4-7H2,1-3H3.